The highest BCUT2D eigenvalue weighted by molar-refractivity contribution is 5.92. The Morgan fingerprint density at radius 1 is 1.23 bits per heavy atom. The van der Waals surface area contributed by atoms with Gasteiger partial charge < -0.3 is 10.2 Å². The number of nitrogens with zero attached hydrogens (tertiary/aromatic N) is 3. The van der Waals surface area contributed by atoms with E-state index in [-0.39, 0.29) is 17.5 Å². The summed E-state index contributed by atoms with van der Waals surface area (Å²) in [4.78, 5) is 22.7. The number of carbonyl (C=O) groups is 1. The van der Waals surface area contributed by atoms with E-state index in [0.717, 1.165) is 31.7 Å². The topological polar surface area (TPSA) is 58.1 Å². The van der Waals surface area contributed by atoms with Crippen molar-refractivity contribution in [1.29, 1.82) is 0 Å². The molecule has 0 radical (unpaired) electrons. The molecule has 1 aromatic carbocycles. The minimum absolute atomic E-state index is 0.104. The average molecular weight is 300 g/mol. The van der Waals surface area contributed by atoms with E-state index in [4.69, 9.17) is 0 Å². The lowest BCUT2D eigenvalue weighted by Gasteiger charge is -2.31. The SMILES string of the molecule is O=C(Nc1ccccc1F)C1CCN(c2cnccn2)CC1. The highest BCUT2D eigenvalue weighted by atomic mass is 19.1. The van der Waals surface area contributed by atoms with Crippen LogP contribution in [0.2, 0.25) is 0 Å². The molecule has 0 atom stereocenters. The van der Waals surface area contributed by atoms with Crippen LogP contribution in [0.25, 0.3) is 0 Å². The van der Waals surface area contributed by atoms with Gasteiger partial charge in [-0.25, -0.2) is 9.37 Å². The quantitative estimate of drug-likeness (QED) is 0.946. The summed E-state index contributed by atoms with van der Waals surface area (Å²) in [6, 6.07) is 6.22. The summed E-state index contributed by atoms with van der Waals surface area (Å²) in [5, 5.41) is 2.67. The van der Waals surface area contributed by atoms with Crippen molar-refractivity contribution in [3.8, 4) is 0 Å². The van der Waals surface area contributed by atoms with Gasteiger partial charge in [-0.05, 0) is 25.0 Å². The number of nitrogens with one attached hydrogen (secondary N) is 1. The summed E-state index contributed by atoms with van der Waals surface area (Å²) in [6.45, 7) is 1.49. The van der Waals surface area contributed by atoms with Crippen LogP contribution < -0.4 is 10.2 Å². The maximum atomic E-state index is 13.6. The Kier molecular flexibility index (Phi) is 4.27. The largest absolute Gasteiger partial charge is 0.355 e. The van der Waals surface area contributed by atoms with Gasteiger partial charge in [0, 0.05) is 31.4 Å². The molecule has 0 aliphatic carbocycles. The maximum Gasteiger partial charge on any atom is 0.227 e. The third-order valence-corrected chi connectivity index (χ3v) is 3.87. The summed E-state index contributed by atoms with van der Waals surface area (Å²) < 4.78 is 13.6. The molecule has 1 aromatic heterocycles. The predicted molar refractivity (Wildman–Crippen MR) is 82.0 cm³/mol. The Balaban J connectivity index is 1.57. The second kappa shape index (κ2) is 6.51. The van der Waals surface area contributed by atoms with Gasteiger partial charge in [0.1, 0.15) is 11.6 Å². The van der Waals surface area contributed by atoms with Crippen molar-refractivity contribution < 1.29 is 9.18 Å². The fraction of sp³-hybridized carbons (Fsp3) is 0.312. The summed E-state index contributed by atoms with van der Waals surface area (Å²) in [5.41, 5.74) is 0.240. The normalized spacial score (nSPS) is 15.6. The molecule has 0 unspecified atom stereocenters. The van der Waals surface area contributed by atoms with Crippen LogP contribution in [0.15, 0.2) is 42.9 Å². The standard InChI is InChI=1S/C16H17FN4O/c17-13-3-1-2-4-14(13)20-16(22)12-5-9-21(10-6-12)15-11-18-7-8-19-15/h1-4,7-8,11-12H,5-6,9-10H2,(H,20,22). The van der Waals surface area contributed by atoms with Crippen LogP contribution in [0.3, 0.4) is 0 Å². The molecule has 1 amide bonds. The van der Waals surface area contributed by atoms with E-state index >= 15 is 0 Å². The molecular weight excluding hydrogens is 283 g/mol. The lowest BCUT2D eigenvalue weighted by molar-refractivity contribution is -0.120. The van der Waals surface area contributed by atoms with Gasteiger partial charge in [-0.2, -0.15) is 0 Å². The van der Waals surface area contributed by atoms with Crippen molar-refractivity contribution in [1.82, 2.24) is 9.97 Å². The van der Waals surface area contributed by atoms with Gasteiger partial charge in [-0.3, -0.25) is 9.78 Å². The average Bonchev–Trinajstić information content (AvgIpc) is 2.58. The number of para-hydroxylation sites is 1. The zero-order chi connectivity index (χ0) is 15.4. The molecule has 0 saturated carbocycles. The van der Waals surface area contributed by atoms with E-state index in [1.165, 1.54) is 6.07 Å². The number of rotatable bonds is 3. The number of carbonyl (C=O) groups excluding carboxylic acids is 1. The molecule has 1 aliphatic rings. The van der Waals surface area contributed by atoms with Gasteiger partial charge >= 0.3 is 0 Å². The van der Waals surface area contributed by atoms with E-state index < -0.39 is 5.82 Å². The van der Waals surface area contributed by atoms with Gasteiger partial charge in [0.15, 0.2) is 0 Å². The molecule has 2 heterocycles. The zero-order valence-electron chi connectivity index (χ0n) is 12.1. The number of hydrogen-bond donors (Lipinski definition) is 1. The van der Waals surface area contributed by atoms with Gasteiger partial charge in [0.2, 0.25) is 5.91 Å². The van der Waals surface area contributed by atoms with Crippen molar-refractivity contribution >= 4 is 17.4 Å². The molecular formula is C16H17FN4O. The summed E-state index contributed by atoms with van der Waals surface area (Å²) in [5.74, 6) is 0.194. The van der Waals surface area contributed by atoms with E-state index in [1.54, 1.807) is 36.8 Å². The smallest absolute Gasteiger partial charge is 0.227 e. The van der Waals surface area contributed by atoms with Gasteiger partial charge in [0.25, 0.3) is 0 Å². The number of hydrogen-bond acceptors (Lipinski definition) is 4. The van der Waals surface area contributed by atoms with Crippen LogP contribution in [0.4, 0.5) is 15.9 Å². The van der Waals surface area contributed by atoms with Crippen LogP contribution in [0, 0.1) is 11.7 Å². The van der Waals surface area contributed by atoms with E-state index in [0.29, 0.717) is 0 Å². The molecule has 6 heteroatoms. The monoisotopic (exact) mass is 300 g/mol. The second-order valence-electron chi connectivity index (χ2n) is 5.29. The van der Waals surface area contributed by atoms with E-state index in [9.17, 15) is 9.18 Å². The highest BCUT2D eigenvalue weighted by Gasteiger charge is 2.26. The van der Waals surface area contributed by atoms with E-state index in [1.807, 2.05) is 0 Å². The first-order valence-corrected chi connectivity index (χ1v) is 7.30. The third-order valence-electron chi connectivity index (χ3n) is 3.87. The molecule has 1 aliphatic heterocycles. The minimum atomic E-state index is -0.409. The minimum Gasteiger partial charge on any atom is -0.355 e. The molecule has 2 aromatic rings. The van der Waals surface area contributed by atoms with Crippen molar-refractivity contribution in [3.63, 3.8) is 0 Å². The molecule has 0 bridgehead atoms. The first kappa shape index (κ1) is 14.4. The lowest BCUT2D eigenvalue weighted by atomic mass is 9.96. The number of piperidine rings is 1. The molecule has 1 fully saturated rings. The Morgan fingerprint density at radius 2 is 2.00 bits per heavy atom. The zero-order valence-corrected chi connectivity index (χ0v) is 12.1. The first-order chi connectivity index (χ1) is 10.7. The number of halogens is 1. The number of aromatic nitrogens is 2. The van der Waals surface area contributed by atoms with Crippen molar-refractivity contribution in [2.24, 2.45) is 5.92 Å². The highest BCUT2D eigenvalue weighted by Crippen LogP contribution is 2.23. The van der Waals surface area contributed by atoms with Crippen molar-refractivity contribution in [3.05, 3.63) is 48.7 Å². The van der Waals surface area contributed by atoms with Crippen molar-refractivity contribution in [2.45, 2.75) is 12.8 Å². The number of anilines is 2. The Bertz CT molecular complexity index is 642. The first-order valence-electron chi connectivity index (χ1n) is 7.30. The van der Waals surface area contributed by atoms with Gasteiger partial charge in [-0.1, -0.05) is 12.1 Å². The van der Waals surface area contributed by atoms with Gasteiger partial charge in [0.05, 0.1) is 11.9 Å². The molecule has 1 N–H and O–H groups in total. The van der Waals surface area contributed by atoms with Crippen LogP contribution in [0.5, 0.6) is 0 Å². The summed E-state index contributed by atoms with van der Waals surface area (Å²) >= 11 is 0. The van der Waals surface area contributed by atoms with Crippen molar-refractivity contribution in [2.75, 3.05) is 23.3 Å². The van der Waals surface area contributed by atoms with Crippen LogP contribution in [-0.4, -0.2) is 29.0 Å². The molecule has 0 spiro atoms. The Morgan fingerprint density at radius 3 is 2.68 bits per heavy atom. The van der Waals surface area contributed by atoms with Crippen LogP contribution in [0.1, 0.15) is 12.8 Å². The summed E-state index contributed by atoms with van der Waals surface area (Å²) in [7, 11) is 0. The van der Waals surface area contributed by atoms with E-state index in [2.05, 4.69) is 20.2 Å². The molecule has 114 valence electrons. The molecule has 1 saturated heterocycles. The van der Waals surface area contributed by atoms with Crippen LogP contribution in [-0.2, 0) is 4.79 Å². The van der Waals surface area contributed by atoms with Gasteiger partial charge in [-0.15, -0.1) is 0 Å². The molecule has 5 nitrogen and oxygen atoms in total. The Labute approximate surface area is 128 Å². The fourth-order valence-corrected chi connectivity index (χ4v) is 2.62. The fourth-order valence-electron chi connectivity index (χ4n) is 2.62. The predicted octanol–water partition coefficient (Wildman–Crippen LogP) is 2.47. The number of amides is 1. The number of benzene rings is 1. The summed E-state index contributed by atoms with van der Waals surface area (Å²) in [6.07, 6.45) is 6.46. The van der Waals surface area contributed by atoms with Crippen LogP contribution >= 0.6 is 0 Å². The lowest BCUT2D eigenvalue weighted by Crippen LogP contribution is -2.38. The molecule has 3 rings (SSSR count). The third kappa shape index (κ3) is 3.21. The maximum absolute atomic E-state index is 13.6. The second-order valence-corrected chi connectivity index (χ2v) is 5.29. The molecule has 22 heavy (non-hydrogen) atoms. The Hall–Kier alpha value is -2.50.